The first-order chi connectivity index (χ1) is 12.7. The van der Waals surface area contributed by atoms with E-state index in [0.29, 0.717) is 43.4 Å². The number of aromatic nitrogens is 2. The molecule has 2 aliphatic rings. The molecular formula is C19H23N3O4. The van der Waals surface area contributed by atoms with Gasteiger partial charge < -0.3 is 23.7 Å². The van der Waals surface area contributed by atoms with E-state index in [2.05, 4.69) is 4.98 Å². The maximum Gasteiger partial charge on any atom is 0.254 e. The highest BCUT2D eigenvalue weighted by Crippen LogP contribution is 2.32. The maximum atomic E-state index is 13.2. The third-order valence-corrected chi connectivity index (χ3v) is 4.95. The smallest absolute Gasteiger partial charge is 0.254 e. The monoisotopic (exact) mass is 357 g/mol. The van der Waals surface area contributed by atoms with Gasteiger partial charge in [0, 0.05) is 38.3 Å². The zero-order chi connectivity index (χ0) is 18.1. The number of methoxy groups -OCH3 is 1. The lowest BCUT2D eigenvalue weighted by atomic mass is 10.0. The van der Waals surface area contributed by atoms with Crippen molar-refractivity contribution in [1.29, 1.82) is 0 Å². The van der Waals surface area contributed by atoms with E-state index in [1.165, 1.54) is 0 Å². The van der Waals surface area contributed by atoms with Gasteiger partial charge in [0.15, 0.2) is 11.5 Å². The van der Waals surface area contributed by atoms with Crippen molar-refractivity contribution in [2.45, 2.75) is 25.4 Å². The number of amides is 1. The highest BCUT2D eigenvalue weighted by Gasteiger charge is 2.33. The van der Waals surface area contributed by atoms with Crippen LogP contribution in [-0.2, 0) is 24.8 Å². The molecule has 0 unspecified atom stereocenters. The molecular weight excluding hydrogens is 334 g/mol. The van der Waals surface area contributed by atoms with Crippen molar-refractivity contribution in [2.75, 3.05) is 26.9 Å². The summed E-state index contributed by atoms with van der Waals surface area (Å²) < 4.78 is 18.8. The number of benzene rings is 1. The molecule has 0 saturated carbocycles. The molecule has 0 saturated heterocycles. The van der Waals surface area contributed by atoms with Crippen LogP contribution in [0, 0.1) is 0 Å². The molecule has 0 spiro atoms. The minimum absolute atomic E-state index is 0.0219. The van der Waals surface area contributed by atoms with E-state index in [4.69, 9.17) is 14.2 Å². The van der Waals surface area contributed by atoms with Crippen molar-refractivity contribution in [3.8, 4) is 11.5 Å². The number of ether oxygens (including phenoxy) is 3. The minimum atomic E-state index is -0.0426. The van der Waals surface area contributed by atoms with Gasteiger partial charge in [-0.05, 0) is 18.2 Å². The van der Waals surface area contributed by atoms with Gasteiger partial charge in [-0.3, -0.25) is 4.79 Å². The van der Waals surface area contributed by atoms with Crippen LogP contribution in [0.15, 0.2) is 24.5 Å². The van der Waals surface area contributed by atoms with Gasteiger partial charge in [0.1, 0.15) is 0 Å². The van der Waals surface area contributed by atoms with Crippen LogP contribution in [0.4, 0.5) is 0 Å². The zero-order valence-electron chi connectivity index (χ0n) is 15.1. The number of rotatable bonds is 3. The summed E-state index contributed by atoms with van der Waals surface area (Å²) in [4.78, 5) is 19.5. The number of nitrogens with zero attached hydrogens (tertiary/aromatic N) is 3. The highest BCUT2D eigenvalue weighted by molar-refractivity contribution is 5.95. The van der Waals surface area contributed by atoms with Crippen LogP contribution < -0.4 is 9.47 Å². The summed E-state index contributed by atoms with van der Waals surface area (Å²) in [5.74, 6) is 1.28. The second kappa shape index (κ2) is 6.99. The molecule has 1 aromatic carbocycles. The largest absolute Gasteiger partial charge is 0.490 e. The highest BCUT2D eigenvalue weighted by atomic mass is 16.5. The Hall–Kier alpha value is -2.54. The molecule has 26 heavy (non-hydrogen) atoms. The Morgan fingerprint density at radius 2 is 2.12 bits per heavy atom. The van der Waals surface area contributed by atoms with Crippen LogP contribution in [0.2, 0.25) is 0 Å². The molecule has 1 amide bonds. The van der Waals surface area contributed by atoms with E-state index >= 15 is 0 Å². The molecule has 0 bridgehead atoms. The molecule has 0 fully saturated rings. The SMILES string of the molecule is COC[C@H]1Cc2c(ncn2C)CN1C(=O)c1ccc2c(c1)OCCCO2. The van der Waals surface area contributed by atoms with Crippen LogP contribution in [0.25, 0.3) is 0 Å². The van der Waals surface area contributed by atoms with E-state index < -0.39 is 0 Å². The molecule has 7 nitrogen and oxygen atoms in total. The fourth-order valence-corrected chi connectivity index (χ4v) is 3.56. The fraction of sp³-hybridized carbons (Fsp3) is 0.474. The summed E-state index contributed by atoms with van der Waals surface area (Å²) in [7, 11) is 3.64. The molecule has 0 N–H and O–H groups in total. The van der Waals surface area contributed by atoms with Crippen molar-refractivity contribution in [3.05, 3.63) is 41.5 Å². The van der Waals surface area contributed by atoms with Gasteiger partial charge in [-0.1, -0.05) is 0 Å². The molecule has 2 aromatic rings. The average molecular weight is 357 g/mol. The maximum absolute atomic E-state index is 13.2. The van der Waals surface area contributed by atoms with Gasteiger partial charge in [0.25, 0.3) is 5.91 Å². The van der Waals surface area contributed by atoms with Crippen molar-refractivity contribution in [1.82, 2.24) is 14.5 Å². The first-order valence-electron chi connectivity index (χ1n) is 8.86. The third kappa shape index (κ3) is 3.03. The lowest BCUT2D eigenvalue weighted by Crippen LogP contribution is -2.47. The van der Waals surface area contributed by atoms with Gasteiger partial charge >= 0.3 is 0 Å². The quantitative estimate of drug-likeness (QED) is 0.838. The summed E-state index contributed by atoms with van der Waals surface area (Å²) >= 11 is 0. The first kappa shape index (κ1) is 16.9. The predicted molar refractivity (Wildman–Crippen MR) is 94.5 cm³/mol. The number of hydrogen-bond donors (Lipinski definition) is 0. The Balaban J connectivity index is 1.63. The third-order valence-electron chi connectivity index (χ3n) is 4.95. The van der Waals surface area contributed by atoms with Crippen LogP contribution in [0.3, 0.4) is 0 Å². The molecule has 2 aliphatic heterocycles. The molecule has 0 aliphatic carbocycles. The van der Waals surface area contributed by atoms with E-state index in [1.807, 2.05) is 22.6 Å². The molecule has 7 heteroatoms. The fourth-order valence-electron chi connectivity index (χ4n) is 3.56. The summed E-state index contributed by atoms with van der Waals surface area (Å²) in [5, 5.41) is 0. The summed E-state index contributed by atoms with van der Waals surface area (Å²) in [6, 6.07) is 5.37. The van der Waals surface area contributed by atoms with Crippen molar-refractivity contribution < 1.29 is 19.0 Å². The van der Waals surface area contributed by atoms with E-state index in [-0.39, 0.29) is 11.9 Å². The standard InChI is InChI=1S/C19H23N3O4/c1-21-12-20-15-10-22(14(11-24-2)9-16(15)21)19(23)13-4-5-17-18(8-13)26-7-3-6-25-17/h4-5,8,12,14H,3,6-7,9-11H2,1-2H3/t14-/m1/s1. The van der Waals surface area contributed by atoms with Gasteiger partial charge in [-0.2, -0.15) is 0 Å². The van der Waals surface area contributed by atoms with E-state index in [9.17, 15) is 4.79 Å². The van der Waals surface area contributed by atoms with Gasteiger partial charge in [-0.25, -0.2) is 4.98 Å². The van der Waals surface area contributed by atoms with Crippen LogP contribution in [0.5, 0.6) is 11.5 Å². The number of aryl methyl sites for hydroxylation is 1. The molecule has 138 valence electrons. The number of imidazole rings is 1. The summed E-state index contributed by atoms with van der Waals surface area (Å²) in [6.45, 7) is 2.20. The summed E-state index contributed by atoms with van der Waals surface area (Å²) in [5.41, 5.74) is 2.70. The van der Waals surface area contributed by atoms with E-state index in [0.717, 1.165) is 24.2 Å². The second-order valence-electron chi connectivity index (χ2n) is 6.71. The lowest BCUT2D eigenvalue weighted by Gasteiger charge is -2.35. The van der Waals surface area contributed by atoms with Crippen molar-refractivity contribution in [3.63, 3.8) is 0 Å². The predicted octanol–water partition coefficient (Wildman–Crippen LogP) is 1.79. The number of fused-ring (bicyclic) bond motifs is 2. The number of hydrogen-bond acceptors (Lipinski definition) is 5. The van der Waals surface area contributed by atoms with Crippen molar-refractivity contribution >= 4 is 5.91 Å². The Kier molecular flexibility index (Phi) is 4.55. The van der Waals surface area contributed by atoms with Crippen LogP contribution in [0.1, 0.15) is 28.2 Å². The van der Waals surface area contributed by atoms with Crippen LogP contribution in [-0.4, -0.2) is 53.3 Å². The minimum Gasteiger partial charge on any atom is -0.490 e. The Bertz CT molecular complexity index is 817. The van der Waals surface area contributed by atoms with Crippen LogP contribution >= 0.6 is 0 Å². The topological polar surface area (TPSA) is 65.8 Å². The molecule has 0 radical (unpaired) electrons. The Morgan fingerprint density at radius 1 is 1.31 bits per heavy atom. The molecule has 3 heterocycles. The average Bonchev–Trinajstić information content (AvgIpc) is 2.87. The van der Waals surface area contributed by atoms with Gasteiger partial charge in [0.2, 0.25) is 0 Å². The molecule has 4 rings (SSSR count). The number of carbonyl (C=O) groups excluding carboxylic acids is 1. The zero-order valence-corrected chi connectivity index (χ0v) is 15.1. The normalized spacial score (nSPS) is 19.0. The summed E-state index contributed by atoms with van der Waals surface area (Å²) in [6.07, 6.45) is 3.37. The van der Waals surface area contributed by atoms with E-state index in [1.54, 1.807) is 25.6 Å². The lowest BCUT2D eigenvalue weighted by molar-refractivity contribution is 0.0467. The van der Waals surface area contributed by atoms with Gasteiger partial charge in [0.05, 0.1) is 44.4 Å². The van der Waals surface area contributed by atoms with Crippen molar-refractivity contribution in [2.24, 2.45) is 7.05 Å². The van der Waals surface area contributed by atoms with Gasteiger partial charge in [-0.15, -0.1) is 0 Å². The first-order valence-corrected chi connectivity index (χ1v) is 8.86. The Morgan fingerprint density at radius 3 is 2.92 bits per heavy atom. The number of carbonyl (C=O) groups is 1. The second-order valence-corrected chi connectivity index (χ2v) is 6.71. The molecule has 1 atom stereocenters. The molecule has 1 aromatic heterocycles. The Labute approximate surface area is 152 Å².